The number of hydrogen-bond donors (Lipinski definition) is 1. The van der Waals surface area contributed by atoms with Gasteiger partial charge < -0.3 is 19.5 Å². The molecular formula is C15H29NO4. The molecule has 118 valence electrons. The minimum Gasteiger partial charge on any atom is -0.550 e. The van der Waals surface area contributed by atoms with Crippen molar-refractivity contribution in [1.82, 2.24) is 0 Å². The number of carboxylic acids is 1. The lowest BCUT2D eigenvalue weighted by molar-refractivity contribution is -0.875. The number of quaternary nitrogens is 1. The summed E-state index contributed by atoms with van der Waals surface area (Å²) in [6.45, 7) is 4.22. The first kappa shape index (κ1) is 19.1. The molecule has 5 nitrogen and oxygen atoms in total. The molecule has 0 heterocycles. The summed E-state index contributed by atoms with van der Waals surface area (Å²) in [6.07, 6.45) is 2.34. The maximum Gasteiger partial charge on any atom is 0.177 e. The standard InChI is InChI=1S/C15H29NO4/c1-6-7-12(2)8-9-13(17)15(20,10-14(18)19)11-16(3,4)5/h12,20H,6-11H2,1-5H3. The molecule has 1 N–H and O–H groups in total. The van der Waals surface area contributed by atoms with Crippen LogP contribution in [0.3, 0.4) is 0 Å². The summed E-state index contributed by atoms with van der Waals surface area (Å²) in [4.78, 5) is 23.1. The second kappa shape index (κ2) is 7.74. The predicted molar refractivity (Wildman–Crippen MR) is 75.8 cm³/mol. The highest BCUT2D eigenvalue weighted by Gasteiger charge is 2.40. The summed E-state index contributed by atoms with van der Waals surface area (Å²) in [5.41, 5.74) is -1.83. The summed E-state index contributed by atoms with van der Waals surface area (Å²) in [5.74, 6) is -1.38. The van der Waals surface area contributed by atoms with Gasteiger partial charge in [0.1, 0.15) is 6.54 Å². The molecule has 0 spiro atoms. The first-order chi connectivity index (χ1) is 9.00. The van der Waals surface area contributed by atoms with E-state index < -0.39 is 23.8 Å². The number of carbonyl (C=O) groups excluding carboxylic acids is 2. The van der Waals surface area contributed by atoms with E-state index in [1.54, 1.807) is 0 Å². The Bertz CT molecular complexity index is 335. The van der Waals surface area contributed by atoms with E-state index in [9.17, 15) is 19.8 Å². The topological polar surface area (TPSA) is 77.4 Å². The van der Waals surface area contributed by atoms with E-state index in [0.717, 1.165) is 12.8 Å². The van der Waals surface area contributed by atoms with Crippen LogP contribution in [0.1, 0.15) is 46.0 Å². The van der Waals surface area contributed by atoms with Crippen LogP contribution < -0.4 is 5.11 Å². The normalized spacial score (nSPS) is 16.5. The van der Waals surface area contributed by atoms with Gasteiger partial charge >= 0.3 is 0 Å². The smallest absolute Gasteiger partial charge is 0.177 e. The Kier molecular flexibility index (Phi) is 7.38. The molecule has 0 saturated carbocycles. The molecule has 0 aromatic rings. The molecule has 0 aromatic heterocycles. The third-order valence-corrected chi connectivity index (χ3v) is 3.34. The maximum atomic E-state index is 12.2. The molecule has 2 atom stereocenters. The van der Waals surface area contributed by atoms with Crippen LogP contribution in [-0.4, -0.2) is 54.6 Å². The van der Waals surface area contributed by atoms with E-state index in [0.29, 0.717) is 16.8 Å². The number of carbonyl (C=O) groups is 2. The molecule has 2 unspecified atom stereocenters. The maximum absolute atomic E-state index is 12.2. The Balaban J connectivity index is 4.77. The SMILES string of the molecule is CCCC(C)CCC(=O)C(O)(CC(=O)[O-])C[N+](C)(C)C. The molecule has 0 amide bonds. The average Bonchev–Trinajstić information content (AvgIpc) is 2.22. The highest BCUT2D eigenvalue weighted by atomic mass is 16.4. The van der Waals surface area contributed by atoms with Crippen LogP contribution in [0.2, 0.25) is 0 Å². The highest BCUT2D eigenvalue weighted by Crippen LogP contribution is 2.21. The van der Waals surface area contributed by atoms with Gasteiger partial charge in [-0.05, 0) is 12.3 Å². The largest absolute Gasteiger partial charge is 0.550 e. The third kappa shape index (κ3) is 7.60. The van der Waals surface area contributed by atoms with Crippen LogP contribution in [0.25, 0.3) is 0 Å². The monoisotopic (exact) mass is 287 g/mol. The van der Waals surface area contributed by atoms with Crippen molar-refractivity contribution in [3.05, 3.63) is 0 Å². The number of rotatable bonds is 10. The second-order valence-electron chi connectivity index (χ2n) is 6.88. The Labute approximate surface area is 122 Å². The summed E-state index contributed by atoms with van der Waals surface area (Å²) >= 11 is 0. The number of hydrogen-bond acceptors (Lipinski definition) is 4. The van der Waals surface area contributed by atoms with Crippen molar-refractivity contribution in [2.24, 2.45) is 5.92 Å². The molecule has 0 aliphatic carbocycles. The number of aliphatic carboxylic acids is 1. The number of ketones is 1. The minimum absolute atomic E-state index is 0.0714. The molecule has 0 aliphatic rings. The van der Waals surface area contributed by atoms with Gasteiger partial charge in [0.2, 0.25) is 0 Å². The molecule has 0 rings (SSSR count). The van der Waals surface area contributed by atoms with Crippen LogP contribution in [0.5, 0.6) is 0 Å². The highest BCUT2D eigenvalue weighted by molar-refractivity contribution is 5.90. The average molecular weight is 287 g/mol. The van der Waals surface area contributed by atoms with Gasteiger partial charge in [0.15, 0.2) is 11.4 Å². The molecule has 0 aliphatic heterocycles. The number of nitrogens with zero attached hydrogens (tertiary/aromatic N) is 1. The number of Topliss-reactive ketones (excluding diaryl/α,β-unsaturated/α-hetero) is 1. The summed E-state index contributed by atoms with van der Waals surface area (Å²) in [6, 6.07) is 0. The fourth-order valence-corrected chi connectivity index (χ4v) is 2.51. The van der Waals surface area contributed by atoms with Crippen molar-refractivity contribution in [1.29, 1.82) is 0 Å². The van der Waals surface area contributed by atoms with Crippen molar-refractivity contribution < 1.29 is 24.3 Å². The number of likely N-dealkylation sites (N-methyl/N-ethyl adjacent to an activating group) is 1. The summed E-state index contributed by atoms with van der Waals surface area (Å²) in [7, 11) is 5.44. The van der Waals surface area contributed by atoms with E-state index in [2.05, 4.69) is 13.8 Å². The second-order valence-corrected chi connectivity index (χ2v) is 6.88. The van der Waals surface area contributed by atoms with Gasteiger partial charge in [-0.1, -0.05) is 26.7 Å². The van der Waals surface area contributed by atoms with Gasteiger partial charge in [-0.25, -0.2) is 0 Å². The first-order valence-corrected chi connectivity index (χ1v) is 7.26. The van der Waals surface area contributed by atoms with Crippen molar-refractivity contribution >= 4 is 11.8 Å². The van der Waals surface area contributed by atoms with Crippen molar-refractivity contribution in [3.63, 3.8) is 0 Å². The van der Waals surface area contributed by atoms with Gasteiger partial charge in [-0.15, -0.1) is 0 Å². The predicted octanol–water partition coefficient (Wildman–Crippen LogP) is 0.349. The van der Waals surface area contributed by atoms with E-state index >= 15 is 0 Å². The van der Waals surface area contributed by atoms with E-state index in [-0.39, 0.29) is 13.0 Å². The zero-order valence-corrected chi connectivity index (χ0v) is 13.4. The molecule has 0 saturated heterocycles. The quantitative estimate of drug-likeness (QED) is 0.588. The summed E-state index contributed by atoms with van der Waals surface area (Å²) < 4.78 is 0.319. The lowest BCUT2D eigenvalue weighted by atomic mass is 9.88. The summed E-state index contributed by atoms with van der Waals surface area (Å²) in [5, 5.41) is 21.3. The van der Waals surface area contributed by atoms with E-state index in [1.807, 2.05) is 21.1 Å². The molecule has 0 fully saturated rings. The van der Waals surface area contributed by atoms with Crippen molar-refractivity contribution in [2.45, 2.75) is 51.6 Å². The van der Waals surface area contributed by atoms with E-state index in [1.165, 1.54) is 0 Å². The van der Waals surface area contributed by atoms with Crippen LogP contribution in [0.4, 0.5) is 0 Å². The van der Waals surface area contributed by atoms with Crippen molar-refractivity contribution in [2.75, 3.05) is 27.7 Å². The number of aliphatic hydroxyl groups is 1. The van der Waals surface area contributed by atoms with Gasteiger partial charge in [0, 0.05) is 18.8 Å². The zero-order chi connectivity index (χ0) is 16.0. The Morgan fingerprint density at radius 3 is 2.20 bits per heavy atom. The number of carboxylic acid groups (broad SMARTS) is 1. The van der Waals surface area contributed by atoms with Crippen LogP contribution in [0.15, 0.2) is 0 Å². The molecule has 0 radical (unpaired) electrons. The van der Waals surface area contributed by atoms with Gasteiger partial charge in [-0.2, -0.15) is 0 Å². The fourth-order valence-electron chi connectivity index (χ4n) is 2.51. The zero-order valence-electron chi connectivity index (χ0n) is 13.4. The molecule has 0 aromatic carbocycles. The van der Waals surface area contributed by atoms with Gasteiger partial charge in [0.05, 0.1) is 21.1 Å². The van der Waals surface area contributed by atoms with Crippen LogP contribution in [0, 0.1) is 5.92 Å². The van der Waals surface area contributed by atoms with E-state index in [4.69, 9.17) is 0 Å². The minimum atomic E-state index is -1.83. The fraction of sp³-hybridized carbons (Fsp3) is 0.867. The van der Waals surface area contributed by atoms with Crippen molar-refractivity contribution in [3.8, 4) is 0 Å². The third-order valence-electron chi connectivity index (χ3n) is 3.34. The molecule has 5 heteroatoms. The lowest BCUT2D eigenvalue weighted by Gasteiger charge is -2.35. The lowest BCUT2D eigenvalue weighted by Crippen LogP contribution is -2.56. The van der Waals surface area contributed by atoms with Crippen LogP contribution >= 0.6 is 0 Å². The first-order valence-electron chi connectivity index (χ1n) is 7.26. The Morgan fingerprint density at radius 1 is 1.25 bits per heavy atom. The Hall–Kier alpha value is -0.940. The molecule has 0 bridgehead atoms. The van der Waals surface area contributed by atoms with Gasteiger partial charge in [0.25, 0.3) is 0 Å². The van der Waals surface area contributed by atoms with Gasteiger partial charge in [-0.3, -0.25) is 4.79 Å². The molecular weight excluding hydrogens is 258 g/mol. The van der Waals surface area contributed by atoms with Crippen LogP contribution in [-0.2, 0) is 9.59 Å². The molecule has 20 heavy (non-hydrogen) atoms. The Morgan fingerprint density at radius 2 is 1.80 bits per heavy atom.